The van der Waals surface area contributed by atoms with Crippen LogP contribution in [0.4, 0.5) is 11.4 Å². The number of anilines is 2. The SMILES string of the molecule is CCN1CCCC1CNC(=O)c1cc(N)ccc1OC.CCN1CCCC1CNC(=O)c1cc(N)ccc1OC.O=C([O-])C(=O)[O-].O=C([O-])C(=O)[O-].O=C([O-])C(=O)[O-]. The second kappa shape index (κ2) is 27.0. The minimum absolute atomic E-state index is 0.128. The maximum atomic E-state index is 12.3. The number of nitrogens with zero attached hydrogens (tertiary/aromatic N) is 2. The van der Waals surface area contributed by atoms with E-state index >= 15 is 0 Å². The highest BCUT2D eigenvalue weighted by molar-refractivity contribution is 6.25. The van der Waals surface area contributed by atoms with Crippen molar-refractivity contribution < 1.29 is 78.5 Å². The zero-order chi connectivity index (χ0) is 44.5. The second-order valence-electron chi connectivity index (χ2n) is 11.9. The monoisotopic (exact) mass is 818 g/mol. The van der Waals surface area contributed by atoms with Gasteiger partial charge < -0.3 is 91.0 Å². The molecule has 2 aromatic rings. The van der Waals surface area contributed by atoms with Gasteiger partial charge in [-0.05, 0) is 88.3 Å². The number of methoxy groups -OCH3 is 2. The van der Waals surface area contributed by atoms with Gasteiger partial charge in [-0.3, -0.25) is 19.4 Å². The van der Waals surface area contributed by atoms with Crippen LogP contribution in [-0.2, 0) is 28.8 Å². The first-order chi connectivity index (χ1) is 27.2. The molecule has 6 N–H and O–H groups in total. The number of nitrogens with one attached hydrogen (secondary N) is 2. The Kier molecular flexibility index (Phi) is 23.9. The van der Waals surface area contributed by atoms with Crippen molar-refractivity contribution in [3.8, 4) is 11.5 Å². The summed E-state index contributed by atoms with van der Waals surface area (Å²) in [5.41, 5.74) is 13.6. The van der Waals surface area contributed by atoms with Crippen molar-refractivity contribution in [2.45, 2.75) is 51.6 Å². The molecule has 22 nitrogen and oxygen atoms in total. The lowest BCUT2D eigenvalue weighted by atomic mass is 10.1. The highest BCUT2D eigenvalue weighted by atomic mass is 16.5. The molecule has 2 heterocycles. The van der Waals surface area contributed by atoms with Gasteiger partial charge in [0, 0.05) is 36.5 Å². The van der Waals surface area contributed by atoms with Crippen molar-refractivity contribution in [1.82, 2.24) is 20.4 Å². The standard InChI is InChI=1S/2C15H23N3O2.3C2H2O4/c2*1-3-18-8-4-5-12(18)10-17-15(19)13-9-11(16)6-7-14(13)20-2;3*3-1(4)2(5)6/h2*6-7,9,12H,3-5,8,10,16H2,1-2H3,(H,17,19);3*(H,3,4)(H,5,6)/p-6. The predicted molar refractivity (Wildman–Crippen MR) is 190 cm³/mol. The van der Waals surface area contributed by atoms with Crippen molar-refractivity contribution in [2.24, 2.45) is 0 Å². The Morgan fingerprint density at radius 2 is 0.879 bits per heavy atom. The number of likely N-dealkylation sites (N-methyl/N-ethyl adjacent to an activating group) is 2. The van der Waals surface area contributed by atoms with Crippen LogP contribution in [0, 0.1) is 0 Å². The number of hydrogen-bond acceptors (Lipinski definition) is 20. The van der Waals surface area contributed by atoms with E-state index in [-0.39, 0.29) is 11.8 Å². The number of likely N-dealkylation sites (tertiary alicyclic amines) is 2. The van der Waals surface area contributed by atoms with Crippen LogP contribution in [0.2, 0.25) is 0 Å². The van der Waals surface area contributed by atoms with E-state index in [0.717, 1.165) is 39.0 Å². The molecular weight excluding hydrogens is 772 g/mol. The van der Waals surface area contributed by atoms with Crippen molar-refractivity contribution in [3.63, 3.8) is 0 Å². The normalized spacial score (nSPS) is 15.4. The lowest BCUT2D eigenvalue weighted by Gasteiger charge is -2.23. The van der Waals surface area contributed by atoms with Crippen LogP contribution in [0.25, 0.3) is 0 Å². The third kappa shape index (κ3) is 19.3. The molecule has 58 heavy (non-hydrogen) atoms. The summed E-state index contributed by atoms with van der Waals surface area (Å²) in [5.74, 6) is -12.3. The first kappa shape index (κ1) is 51.3. The van der Waals surface area contributed by atoms with E-state index in [1.54, 1.807) is 50.6 Å². The molecule has 2 fully saturated rings. The Hall–Kier alpha value is -6.68. The van der Waals surface area contributed by atoms with Crippen LogP contribution >= 0.6 is 0 Å². The van der Waals surface area contributed by atoms with E-state index in [1.807, 2.05) is 0 Å². The van der Waals surface area contributed by atoms with Gasteiger partial charge in [0.1, 0.15) is 11.5 Å². The first-order valence-electron chi connectivity index (χ1n) is 17.4. The number of hydrogen-bond donors (Lipinski definition) is 4. The van der Waals surface area contributed by atoms with Gasteiger partial charge in [0.05, 0.1) is 61.2 Å². The van der Waals surface area contributed by atoms with Crippen LogP contribution < -0.4 is 62.2 Å². The summed E-state index contributed by atoms with van der Waals surface area (Å²) in [6.45, 7) is 9.96. The van der Waals surface area contributed by atoms with Gasteiger partial charge >= 0.3 is 0 Å². The second-order valence-corrected chi connectivity index (χ2v) is 11.9. The van der Waals surface area contributed by atoms with Crippen LogP contribution in [0.15, 0.2) is 36.4 Å². The number of nitrogens with two attached hydrogens (primary N) is 2. The Labute approximate surface area is 333 Å². The average molecular weight is 819 g/mol. The fourth-order valence-corrected chi connectivity index (χ4v) is 5.50. The summed E-state index contributed by atoms with van der Waals surface area (Å²) in [6, 6.07) is 11.1. The van der Waals surface area contributed by atoms with Gasteiger partial charge in [-0.1, -0.05) is 13.8 Å². The lowest BCUT2D eigenvalue weighted by Crippen LogP contribution is -2.42. The molecule has 0 spiro atoms. The molecule has 2 atom stereocenters. The summed E-state index contributed by atoms with van der Waals surface area (Å²) in [5, 5.41) is 59.5. The number of aliphatic carboxylic acids is 6. The summed E-state index contributed by atoms with van der Waals surface area (Å²) in [6.07, 6.45) is 4.69. The van der Waals surface area contributed by atoms with E-state index in [9.17, 15) is 9.59 Å². The Morgan fingerprint density at radius 3 is 1.12 bits per heavy atom. The van der Waals surface area contributed by atoms with Gasteiger partial charge in [-0.15, -0.1) is 0 Å². The molecule has 0 aromatic heterocycles. The Morgan fingerprint density at radius 1 is 0.586 bits per heavy atom. The fourth-order valence-electron chi connectivity index (χ4n) is 5.50. The maximum absolute atomic E-state index is 12.3. The minimum Gasteiger partial charge on any atom is -0.543 e. The van der Waals surface area contributed by atoms with Gasteiger partial charge in [0.15, 0.2) is 0 Å². The Bertz CT molecular complexity index is 1540. The van der Waals surface area contributed by atoms with Crippen molar-refractivity contribution in [2.75, 3.05) is 65.0 Å². The van der Waals surface area contributed by atoms with Gasteiger partial charge in [0.2, 0.25) is 0 Å². The molecule has 0 aliphatic carbocycles. The first-order valence-corrected chi connectivity index (χ1v) is 17.4. The number of rotatable bonds is 10. The molecule has 0 saturated carbocycles. The fraction of sp³-hybridized carbons (Fsp3) is 0.444. The molecular formula is C36H46N6O16-6. The van der Waals surface area contributed by atoms with E-state index in [0.29, 0.717) is 59.2 Å². The van der Waals surface area contributed by atoms with Crippen LogP contribution in [0.5, 0.6) is 11.5 Å². The number of ether oxygens (including phenoxy) is 2. The quantitative estimate of drug-likeness (QED) is 0.128. The summed E-state index contributed by atoms with van der Waals surface area (Å²) in [7, 11) is 3.11. The summed E-state index contributed by atoms with van der Waals surface area (Å²) < 4.78 is 10.4. The molecule has 22 heteroatoms. The van der Waals surface area contributed by atoms with E-state index in [2.05, 4.69) is 34.3 Å². The van der Waals surface area contributed by atoms with Crippen molar-refractivity contribution in [3.05, 3.63) is 47.5 Å². The number of nitrogen functional groups attached to an aromatic ring is 2. The van der Waals surface area contributed by atoms with Crippen molar-refractivity contribution in [1.29, 1.82) is 0 Å². The van der Waals surface area contributed by atoms with Crippen LogP contribution in [-0.4, -0.2) is 123 Å². The lowest BCUT2D eigenvalue weighted by molar-refractivity contribution is -0.345. The highest BCUT2D eigenvalue weighted by Crippen LogP contribution is 2.23. The molecule has 0 bridgehead atoms. The van der Waals surface area contributed by atoms with Crippen LogP contribution in [0.3, 0.4) is 0 Å². The maximum Gasteiger partial charge on any atom is 0.255 e. The predicted octanol–water partition coefficient (Wildman–Crippen LogP) is -7.56. The van der Waals surface area contributed by atoms with Gasteiger partial charge in [-0.25, -0.2) is 0 Å². The molecule has 2 unspecified atom stereocenters. The smallest absolute Gasteiger partial charge is 0.255 e. The molecule has 322 valence electrons. The van der Waals surface area contributed by atoms with Crippen LogP contribution in [0.1, 0.15) is 60.2 Å². The number of amides is 2. The highest BCUT2D eigenvalue weighted by Gasteiger charge is 2.25. The zero-order valence-corrected chi connectivity index (χ0v) is 32.3. The number of carbonyl (C=O) groups excluding carboxylic acids is 8. The molecule has 0 radical (unpaired) electrons. The topological polar surface area (TPSA) is 376 Å². The molecule has 2 aliphatic heterocycles. The van der Waals surface area contributed by atoms with E-state index in [1.165, 1.54) is 12.8 Å². The van der Waals surface area contributed by atoms with Gasteiger partial charge in [-0.2, -0.15) is 0 Å². The van der Waals surface area contributed by atoms with E-state index < -0.39 is 35.8 Å². The zero-order valence-electron chi connectivity index (χ0n) is 32.3. The average Bonchev–Trinajstić information content (AvgIpc) is 3.86. The number of carboxylic acid groups (broad SMARTS) is 6. The minimum atomic E-state index is -2.19. The van der Waals surface area contributed by atoms with Gasteiger partial charge in [0.25, 0.3) is 11.8 Å². The van der Waals surface area contributed by atoms with E-state index in [4.69, 9.17) is 80.3 Å². The van der Waals surface area contributed by atoms with Crippen molar-refractivity contribution >= 4 is 59.0 Å². The summed E-state index contributed by atoms with van der Waals surface area (Å²) in [4.78, 5) is 82.9. The number of carbonyl (C=O) groups is 8. The molecule has 2 amide bonds. The molecule has 2 aliphatic rings. The number of carboxylic acids is 6. The largest absolute Gasteiger partial charge is 0.543 e. The third-order valence-corrected chi connectivity index (χ3v) is 8.24. The molecule has 4 rings (SSSR count). The third-order valence-electron chi connectivity index (χ3n) is 8.24. The molecule has 2 saturated heterocycles. The Balaban J connectivity index is 0.000000794. The number of benzene rings is 2. The molecule has 2 aromatic carbocycles. The summed E-state index contributed by atoms with van der Waals surface area (Å²) >= 11 is 0.